The molecule has 1 atom stereocenters. The zero-order chi connectivity index (χ0) is 20.6. The lowest BCUT2D eigenvalue weighted by molar-refractivity contribution is 0.529. The van der Waals surface area contributed by atoms with Crippen molar-refractivity contribution in [3.05, 3.63) is 77.1 Å². The van der Waals surface area contributed by atoms with Crippen LogP contribution in [0.15, 0.2) is 59.9 Å². The molecule has 0 N–H and O–H groups in total. The van der Waals surface area contributed by atoms with Gasteiger partial charge in [-0.2, -0.15) is 5.26 Å². The van der Waals surface area contributed by atoms with Crippen molar-refractivity contribution in [2.45, 2.75) is 46.0 Å². The number of anilines is 1. The summed E-state index contributed by atoms with van der Waals surface area (Å²) in [4.78, 5) is 6.18. The third-order valence-electron chi connectivity index (χ3n) is 5.71. The second-order valence-electron chi connectivity index (χ2n) is 8.35. The van der Waals surface area contributed by atoms with Gasteiger partial charge in [0.1, 0.15) is 0 Å². The van der Waals surface area contributed by atoms with E-state index < -0.39 is 0 Å². The molecule has 0 radical (unpaired) electrons. The summed E-state index contributed by atoms with van der Waals surface area (Å²) in [5, 5.41) is 9.04. The molecule has 2 aromatic rings. The standard InChI is InChI=1S/C26H31N3/c1-20(15-25-12-11-24(18-27)16-21(25)2)7-8-22-5-4-6-26(17-22)29(14-13-28-3)19-23-9-10-23/h4-6,11-14,16-17,20,23H,3,7-10,15,19H2,1-2H3/b14-13-. The molecular weight excluding hydrogens is 354 g/mol. The Morgan fingerprint density at radius 1 is 1.28 bits per heavy atom. The van der Waals surface area contributed by atoms with Crippen LogP contribution < -0.4 is 4.90 Å². The number of rotatable bonds is 10. The van der Waals surface area contributed by atoms with E-state index in [0.29, 0.717) is 5.92 Å². The first-order chi connectivity index (χ1) is 14.1. The van der Waals surface area contributed by atoms with Crippen LogP contribution in [0.2, 0.25) is 0 Å². The molecule has 1 fully saturated rings. The Morgan fingerprint density at radius 2 is 2.10 bits per heavy atom. The highest BCUT2D eigenvalue weighted by Gasteiger charge is 2.23. The maximum absolute atomic E-state index is 9.04. The van der Waals surface area contributed by atoms with Gasteiger partial charge in [-0.05, 0) is 98.5 Å². The van der Waals surface area contributed by atoms with Gasteiger partial charge in [0.05, 0.1) is 11.6 Å². The van der Waals surface area contributed by atoms with Crippen molar-refractivity contribution in [3.63, 3.8) is 0 Å². The van der Waals surface area contributed by atoms with Gasteiger partial charge in [-0.15, -0.1) is 0 Å². The summed E-state index contributed by atoms with van der Waals surface area (Å²) in [5.74, 6) is 1.40. The van der Waals surface area contributed by atoms with Crippen molar-refractivity contribution in [1.82, 2.24) is 0 Å². The van der Waals surface area contributed by atoms with E-state index in [9.17, 15) is 0 Å². The molecule has 1 saturated carbocycles. The van der Waals surface area contributed by atoms with Crippen molar-refractivity contribution in [2.24, 2.45) is 16.8 Å². The zero-order valence-electron chi connectivity index (χ0n) is 17.6. The maximum Gasteiger partial charge on any atom is 0.0991 e. The summed E-state index contributed by atoms with van der Waals surface area (Å²) in [6, 6.07) is 17.1. The third kappa shape index (κ3) is 6.32. The minimum Gasteiger partial charge on any atom is -0.346 e. The number of aryl methyl sites for hydroxylation is 2. The van der Waals surface area contributed by atoms with Crippen molar-refractivity contribution in [3.8, 4) is 6.07 Å². The molecule has 0 aliphatic heterocycles. The fraction of sp³-hybridized carbons (Fsp3) is 0.385. The van der Waals surface area contributed by atoms with Crippen LogP contribution in [0.5, 0.6) is 0 Å². The lowest BCUT2D eigenvalue weighted by atomic mass is 9.92. The van der Waals surface area contributed by atoms with Gasteiger partial charge in [-0.3, -0.25) is 4.99 Å². The van der Waals surface area contributed by atoms with Crippen molar-refractivity contribution >= 4 is 12.4 Å². The Labute approximate surface area is 175 Å². The lowest BCUT2D eigenvalue weighted by Crippen LogP contribution is -2.19. The van der Waals surface area contributed by atoms with Gasteiger partial charge >= 0.3 is 0 Å². The molecular formula is C26H31N3. The van der Waals surface area contributed by atoms with E-state index in [-0.39, 0.29) is 0 Å². The SMILES string of the molecule is C=N/C=C\N(CC1CC1)c1cccc(CCC(C)Cc2ccc(C#N)cc2C)c1. The Kier molecular flexibility index (Phi) is 7.25. The molecule has 3 rings (SSSR count). The number of aliphatic imine (C=N–C) groups is 1. The summed E-state index contributed by atoms with van der Waals surface area (Å²) in [6.07, 6.45) is 9.76. The number of hydrogen-bond donors (Lipinski definition) is 0. The minimum atomic E-state index is 0.595. The monoisotopic (exact) mass is 385 g/mol. The molecule has 0 heterocycles. The number of nitrogens with zero attached hydrogens (tertiary/aromatic N) is 3. The molecule has 1 unspecified atom stereocenters. The molecule has 3 nitrogen and oxygen atoms in total. The molecule has 0 bridgehead atoms. The highest BCUT2D eigenvalue weighted by atomic mass is 15.1. The van der Waals surface area contributed by atoms with Crippen LogP contribution in [-0.2, 0) is 12.8 Å². The van der Waals surface area contributed by atoms with E-state index in [4.69, 9.17) is 5.26 Å². The number of nitriles is 1. The van der Waals surface area contributed by atoms with E-state index >= 15 is 0 Å². The van der Waals surface area contributed by atoms with E-state index in [0.717, 1.165) is 37.3 Å². The van der Waals surface area contributed by atoms with Crippen LogP contribution in [0.4, 0.5) is 5.69 Å². The van der Waals surface area contributed by atoms with Gasteiger partial charge in [0.15, 0.2) is 0 Å². The van der Waals surface area contributed by atoms with Gasteiger partial charge in [0, 0.05) is 24.6 Å². The van der Waals surface area contributed by atoms with Crippen LogP contribution in [0.3, 0.4) is 0 Å². The molecule has 2 aromatic carbocycles. The molecule has 0 saturated heterocycles. The molecule has 1 aliphatic carbocycles. The second-order valence-corrected chi connectivity index (χ2v) is 8.35. The van der Waals surface area contributed by atoms with Gasteiger partial charge in [-0.25, -0.2) is 0 Å². The summed E-state index contributed by atoms with van der Waals surface area (Å²) < 4.78 is 0. The molecule has 0 aromatic heterocycles. The summed E-state index contributed by atoms with van der Waals surface area (Å²) in [7, 11) is 0. The zero-order valence-corrected chi connectivity index (χ0v) is 17.6. The van der Waals surface area contributed by atoms with E-state index in [1.165, 1.54) is 35.2 Å². The summed E-state index contributed by atoms with van der Waals surface area (Å²) >= 11 is 0. The molecule has 150 valence electrons. The Bertz CT molecular complexity index is 902. The largest absolute Gasteiger partial charge is 0.346 e. The third-order valence-corrected chi connectivity index (χ3v) is 5.71. The van der Waals surface area contributed by atoms with Gasteiger partial charge < -0.3 is 4.90 Å². The number of hydrogen-bond acceptors (Lipinski definition) is 3. The van der Waals surface area contributed by atoms with Crippen LogP contribution in [0.25, 0.3) is 0 Å². The van der Waals surface area contributed by atoms with Gasteiger partial charge in [0.2, 0.25) is 0 Å². The first-order valence-electron chi connectivity index (χ1n) is 10.6. The van der Waals surface area contributed by atoms with Gasteiger partial charge in [0.25, 0.3) is 0 Å². The van der Waals surface area contributed by atoms with Crippen LogP contribution in [0, 0.1) is 30.1 Å². The first-order valence-corrected chi connectivity index (χ1v) is 10.6. The molecule has 1 aliphatic rings. The second kappa shape index (κ2) is 10.1. The fourth-order valence-electron chi connectivity index (χ4n) is 3.73. The highest BCUT2D eigenvalue weighted by molar-refractivity contribution is 5.51. The number of benzene rings is 2. The summed E-state index contributed by atoms with van der Waals surface area (Å²) in [6.45, 7) is 9.04. The van der Waals surface area contributed by atoms with Crippen molar-refractivity contribution in [1.29, 1.82) is 5.26 Å². The Balaban J connectivity index is 1.60. The minimum absolute atomic E-state index is 0.595. The summed E-state index contributed by atoms with van der Waals surface area (Å²) in [5.41, 5.74) is 5.93. The smallest absolute Gasteiger partial charge is 0.0991 e. The van der Waals surface area contributed by atoms with E-state index in [1.54, 1.807) is 6.20 Å². The molecule has 0 amide bonds. The maximum atomic E-state index is 9.04. The topological polar surface area (TPSA) is 39.4 Å². The predicted molar refractivity (Wildman–Crippen MR) is 122 cm³/mol. The molecule has 29 heavy (non-hydrogen) atoms. The fourth-order valence-corrected chi connectivity index (χ4v) is 3.73. The molecule has 0 spiro atoms. The van der Waals surface area contributed by atoms with Gasteiger partial charge in [-0.1, -0.05) is 25.1 Å². The quantitative estimate of drug-likeness (QED) is 0.466. The van der Waals surface area contributed by atoms with Crippen molar-refractivity contribution < 1.29 is 0 Å². The van der Waals surface area contributed by atoms with E-state index in [1.807, 2.05) is 18.3 Å². The van der Waals surface area contributed by atoms with Crippen LogP contribution in [-0.4, -0.2) is 13.3 Å². The van der Waals surface area contributed by atoms with Crippen molar-refractivity contribution in [2.75, 3.05) is 11.4 Å². The van der Waals surface area contributed by atoms with E-state index in [2.05, 4.69) is 66.9 Å². The average Bonchev–Trinajstić information content (AvgIpc) is 3.55. The normalized spacial score (nSPS) is 14.5. The Morgan fingerprint density at radius 3 is 2.79 bits per heavy atom. The highest BCUT2D eigenvalue weighted by Crippen LogP contribution is 2.32. The average molecular weight is 386 g/mol. The van der Waals surface area contributed by atoms with Crippen LogP contribution >= 0.6 is 0 Å². The first kappa shape index (κ1) is 20.9. The lowest BCUT2D eigenvalue weighted by Gasteiger charge is -2.21. The van der Waals surface area contributed by atoms with Crippen LogP contribution in [0.1, 0.15) is 48.4 Å². The predicted octanol–water partition coefficient (Wildman–Crippen LogP) is 6.07. The molecule has 3 heteroatoms. The Hall–Kier alpha value is -2.86.